The van der Waals surface area contributed by atoms with Crippen LogP contribution in [0.4, 0.5) is 0 Å². The Morgan fingerprint density at radius 1 is 1.30 bits per heavy atom. The topological polar surface area (TPSA) is 65.0 Å². The molecule has 128 valence electrons. The Morgan fingerprint density at radius 3 is 2.48 bits per heavy atom. The first kappa shape index (κ1) is 17.9. The summed E-state index contributed by atoms with van der Waals surface area (Å²) in [5.74, 6) is -1.28. The molecule has 1 N–H and O–H groups in total. The van der Waals surface area contributed by atoms with Gasteiger partial charge in [-0.25, -0.2) is 0 Å². The van der Waals surface area contributed by atoms with Gasteiger partial charge in [0.25, 0.3) is 0 Å². The molecular formula is C18H26O5. The van der Waals surface area contributed by atoms with Gasteiger partial charge in [0.05, 0.1) is 13.0 Å². The predicted octanol–water partition coefficient (Wildman–Crippen LogP) is 2.76. The number of esters is 1. The molecule has 1 aromatic carbocycles. The maximum absolute atomic E-state index is 12.2. The average Bonchev–Trinajstić information content (AvgIpc) is 2.42. The molecule has 0 saturated carbocycles. The van der Waals surface area contributed by atoms with Gasteiger partial charge in [-0.15, -0.1) is 0 Å². The molecule has 1 saturated heterocycles. The molecule has 5 nitrogen and oxygen atoms in total. The summed E-state index contributed by atoms with van der Waals surface area (Å²) in [6, 6.07) is 9.12. The van der Waals surface area contributed by atoms with Gasteiger partial charge in [0.2, 0.25) is 0 Å². The fourth-order valence-electron chi connectivity index (χ4n) is 2.59. The van der Waals surface area contributed by atoms with Gasteiger partial charge in [-0.3, -0.25) is 4.79 Å². The summed E-state index contributed by atoms with van der Waals surface area (Å²) in [5, 5.41) is 11.1. The first-order valence-electron chi connectivity index (χ1n) is 7.83. The number of carbonyl (C=O) groups excluding carboxylic acids is 1. The van der Waals surface area contributed by atoms with E-state index >= 15 is 0 Å². The fraction of sp³-hybridized carbons (Fsp3) is 0.611. The van der Waals surface area contributed by atoms with Crippen LogP contribution < -0.4 is 0 Å². The summed E-state index contributed by atoms with van der Waals surface area (Å²) in [5.41, 5.74) is -1.32. The minimum Gasteiger partial charge on any atom is -0.460 e. The van der Waals surface area contributed by atoms with Gasteiger partial charge in [0, 0.05) is 0 Å². The van der Waals surface area contributed by atoms with Crippen LogP contribution in [0.1, 0.15) is 46.6 Å². The lowest BCUT2D eigenvalue weighted by atomic mass is 9.85. The summed E-state index contributed by atoms with van der Waals surface area (Å²) in [6.45, 7) is 9.01. The highest BCUT2D eigenvalue weighted by Gasteiger charge is 2.49. The van der Waals surface area contributed by atoms with Crippen molar-refractivity contribution in [3.63, 3.8) is 0 Å². The van der Waals surface area contributed by atoms with E-state index < -0.39 is 29.1 Å². The highest BCUT2D eigenvalue weighted by atomic mass is 16.7. The maximum atomic E-state index is 12.2. The first-order valence-corrected chi connectivity index (χ1v) is 7.83. The standard InChI is InChI=1S/C18H26O5/c1-16(2,3)23-15(19)11-14-18(20,12-21-17(4,5)22-14)13-9-7-6-8-10-13/h6-10,14,20H,11-12H2,1-5H3/t14-,18+/m1/s1. The van der Waals surface area contributed by atoms with Gasteiger partial charge in [-0.05, 0) is 40.2 Å². The predicted molar refractivity (Wildman–Crippen MR) is 85.7 cm³/mol. The Morgan fingerprint density at radius 2 is 1.91 bits per heavy atom. The summed E-state index contributed by atoms with van der Waals surface area (Å²) in [7, 11) is 0. The molecule has 1 fully saturated rings. The zero-order valence-electron chi connectivity index (χ0n) is 14.5. The number of rotatable bonds is 3. The van der Waals surface area contributed by atoms with Crippen molar-refractivity contribution in [3.05, 3.63) is 35.9 Å². The van der Waals surface area contributed by atoms with E-state index in [4.69, 9.17) is 14.2 Å². The van der Waals surface area contributed by atoms with E-state index in [1.165, 1.54) is 0 Å². The Bertz CT molecular complexity index is 546. The molecular weight excluding hydrogens is 296 g/mol. The molecule has 0 spiro atoms. The normalized spacial score (nSPS) is 27.5. The molecule has 1 aromatic rings. The van der Waals surface area contributed by atoms with Crippen LogP contribution in [-0.4, -0.2) is 35.2 Å². The molecule has 1 aliphatic rings. The van der Waals surface area contributed by atoms with Crippen LogP contribution in [0, 0.1) is 0 Å². The van der Waals surface area contributed by atoms with Crippen molar-refractivity contribution in [2.75, 3.05) is 6.61 Å². The van der Waals surface area contributed by atoms with Crippen LogP contribution >= 0.6 is 0 Å². The third kappa shape index (κ3) is 4.53. The Hall–Kier alpha value is -1.43. The van der Waals surface area contributed by atoms with E-state index in [1.807, 2.05) is 39.0 Å². The zero-order chi connectivity index (χ0) is 17.3. The van der Waals surface area contributed by atoms with Crippen molar-refractivity contribution in [1.82, 2.24) is 0 Å². The lowest BCUT2D eigenvalue weighted by Crippen LogP contribution is -2.56. The molecule has 0 bridgehead atoms. The Balaban J connectivity index is 2.24. The molecule has 0 aliphatic carbocycles. The summed E-state index contributed by atoms with van der Waals surface area (Å²) < 4.78 is 16.8. The highest BCUT2D eigenvalue weighted by Crippen LogP contribution is 2.38. The molecule has 1 heterocycles. The van der Waals surface area contributed by atoms with E-state index in [1.54, 1.807) is 26.0 Å². The monoisotopic (exact) mass is 322 g/mol. The van der Waals surface area contributed by atoms with E-state index in [9.17, 15) is 9.90 Å². The zero-order valence-corrected chi connectivity index (χ0v) is 14.5. The largest absolute Gasteiger partial charge is 0.460 e. The van der Waals surface area contributed by atoms with Gasteiger partial charge in [0.15, 0.2) is 5.79 Å². The molecule has 0 amide bonds. The van der Waals surface area contributed by atoms with Crippen LogP contribution in [0.25, 0.3) is 0 Å². The second-order valence-corrected chi connectivity index (χ2v) is 7.38. The third-order valence-electron chi connectivity index (χ3n) is 3.64. The van der Waals surface area contributed by atoms with Crippen molar-refractivity contribution < 1.29 is 24.1 Å². The molecule has 0 unspecified atom stereocenters. The minimum absolute atomic E-state index is 0.0462. The first-order chi connectivity index (χ1) is 10.5. The van der Waals surface area contributed by atoms with Crippen molar-refractivity contribution >= 4 is 5.97 Å². The van der Waals surface area contributed by atoms with E-state index in [2.05, 4.69) is 0 Å². The van der Waals surface area contributed by atoms with Gasteiger partial charge >= 0.3 is 5.97 Å². The van der Waals surface area contributed by atoms with Crippen molar-refractivity contribution in [3.8, 4) is 0 Å². The second-order valence-electron chi connectivity index (χ2n) is 7.38. The molecule has 2 rings (SSSR count). The highest BCUT2D eigenvalue weighted by molar-refractivity contribution is 5.70. The minimum atomic E-state index is -1.40. The smallest absolute Gasteiger partial charge is 0.309 e. The summed E-state index contributed by atoms with van der Waals surface area (Å²) >= 11 is 0. The van der Waals surface area contributed by atoms with Crippen molar-refractivity contribution in [2.24, 2.45) is 0 Å². The number of aliphatic hydroxyl groups is 1. The maximum Gasteiger partial charge on any atom is 0.309 e. The summed E-state index contributed by atoms with van der Waals surface area (Å²) in [4.78, 5) is 12.2. The van der Waals surface area contributed by atoms with Crippen molar-refractivity contribution in [1.29, 1.82) is 0 Å². The van der Waals surface area contributed by atoms with Crippen LogP contribution in [0.15, 0.2) is 30.3 Å². The Labute approximate surface area is 137 Å². The van der Waals surface area contributed by atoms with Gasteiger partial charge in [0.1, 0.15) is 17.3 Å². The fourth-order valence-corrected chi connectivity index (χ4v) is 2.59. The Kier molecular flexibility index (Phi) is 4.85. The second kappa shape index (κ2) is 6.23. The number of carbonyl (C=O) groups is 1. The number of hydrogen-bond donors (Lipinski definition) is 1. The van der Waals surface area contributed by atoms with Gasteiger partial charge in [-0.2, -0.15) is 0 Å². The number of hydrogen-bond acceptors (Lipinski definition) is 5. The molecule has 23 heavy (non-hydrogen) atoms. The lowest BCUT2D eigenvalue weighted by Gasteiger charge is -2.46. The van der Waals surface area contributed by atoms with Crippen LogP contribution in [0.3, 0.4) is 0 Å². The van der Waals surface area contributed by atoms with Gasteiger partial charge in [-0.1, -0.05) is 30.3 Å². The number of benzene rings is 1. The molecule has 2 atom stereocenters. The van der Waals surface area contributed by atoms with E-state index in [0.717, 1.165) is 0 Å². The van der Waals surface area contributed by atoms with Crippen LogP contribution in [0.5, 0.6) is 0 Å². The third-order valence-corrected chi connectivity index (χ3v) is 3.64. The number of ether oxygens (including phenoxy) is 3. The van der Waals surface area contributed by atoms with Crippen molar-refractivity contribution in [2.45, 2.75) is 64.1 Å². The molecule has 0 aromatic heterocycles. The molecule has 0 radical (unpaired) electrons. The van der Waals surface area contributed by atoms with E-state index in [-0.39, 0.29) is 13.0 Å². The lowest BCUT2D eigenvalue weighted by molar-refractivity contribution is -0.338. The molecule has 5 heteroatoms. The van der Waals surface area contributed by atoms with E-state index in [0.29, 0.717) is 5.56 Å². The molecule has 1 aliphatic heterocycles. The quantitative estimate of drug-likeness (QED) is 0.867. The SMILES string of the molecule is CC(C)(C)OC(=O)C[C@H]1OC(C)(C)OC[C@]1(O)c1ccccc1. The van der Waals surface area contributed by atoms with Gasteiger partial charge < -0.3 is 19.3 Å². The average molecular weight is 322 g/mol. The van der Waals surface area contributed by atoms with Crippen LogP contribution in [0.2, 0.25) is 0 Å². The summed E-state index contributed by atoms with van der Waals surface area (Å²) in [6.07, 6.45) is -0.793. The van der Waals surface area contributed by atoms with Crippen LogP contribution in [-0.2, 0) is 24.6 Å².